The van der Waals surface area contributed by atoms with E-state index in [-0.39, 0.29) is 5.43 Å². The summed E-state index contributed by atoms with van der Waals surface area (Å²) in [6.45, 7) is 1.84. The first kappa shape index (κ1) is 9.84. The molecule has 0 fully saturated rings. The van der Waals surface area contributed by atoms with E-state index in [4.69, 9.17) is 0 Å². The molecule has 4 nitrogen and oxygen atoms in total. The lowest BCUT2D eigenvalue weighted by Gasteiger charge is -1.99. The van der Waals surface area contributed by atoms with Crippen LogP contribution >= 0.6 is 0 Å². The highest BCUT2D eigenvalue weighted by Gasteiger charge is 2.06. The van der Waals surface area contributed by atoms with Crippen molar-refractivity contribution >= 4 is 22.7 Å². The van der Waals surface area contributed by atoms with E-state index in [1.807, 2.05) is 17.4 Å². The van der Waals surface area contributed by atoms with Crippen molar-refractivity contribution in [1.82, 2.24) is 9.38 Å². The molecule has 0 amide bonds. The maximum absolute atomic E-state index is 11.3. The first-order chi connectivity index (χ1) is 8.20. The van der Waals surface area contributed by atoms with E-state index in [2.05, 4.69) is 4.98 Å². The number of rotatable bonds is 0. The number of nitrogens with zero attached hydrogens (tertiary/aromatic N) is 2. The second-order valence-electron chi connectivity index (χ2n) is 3.97. The zero-order valence-electron chi connectivity index (χ0n) is 9.21. The van der Waals surface area contributed by atoms with Crippen molar-refractivity contribution in [3.8, 4) is 0 Å². The van der Waals surface area contributed by atoms with Gasteiger partial charge in [0.25, 0.3) is 0 Å². The second-order valence-corrected chi connectivity index (χ2v) is 3.97. The average molecular weight is 226 g/mol. The van der Waals surface area contributed by atoms with Gasteiger partial charge in [0.2, 0.25) is 0 Å². The lowest BCUT2D eigenvalue weighted by atomic mass is 10.2. The maximum Gasteiger partial charge on any atom is 0.179 e. The van der Waals surface area contributed by atoms with Crippen LogP contribution in [0.4, 0.5) is 0 Å². The van der Waals surface area contributed by atoms with Crippen molar-refractivity contribution in [3.63, 3.8) is 0 Å². The van der Waals surface area contributed by atoms with Crippen LogP contribution < -0.4 is 10.8 Å². The highest BCUT2D eigenvalue weighted by atomic mass is 16.2. The van der Waals surface area contributed by atoms with Crippen LogP contribution in [0.5, 0.6) is 0 Å². The highest BCUT2D eigenvalue weighted by molar-refractivity contribution is 5.93. The molecule has 0 bridgehead atoms. The predicted molar refractivity (Wildman–Crippen MR) is 66.0 cm³/mol. The monoisotopic (exact) mass is 226 g/mol. The number of pyridine rings is 1. The van der Waals surface area contributed by atoms with Gasteiger partial charge in [0.15, 0.2) is 5.43 Å². The van der Waals surface area contributed by atoms with Crippen molar-refractivity contribution < 1.29 is 5.11 Å². The van der Waals surface area contributed by atoms with Gasteiger partial charge in [-0.1, -0.05) is 0 Å². The van der Waals surface area contributed by atoms with E-state index in [9.17, 15) is 9.90 Å². The molecule has 2 aromatic heterocycles. The molecule has 1 aromatic carbocycles. The summed E-state index contributed by atoms with van der Waals surface area (Å²) in [5, 5.41) is 11.6. The van der Waals surface area contributed by atoms with Crippen LogP contribution in [-0.4, -0.2) is 14.5 Å². The molecule has 2 heterocycles. The van der Waals surface area contributed by atoms with E-state index in [0.29, 0.717) is 5.35 Å². The molecule has 0 aliphatic heterocycles. The topological polar surface area (TPSA) is 54.6 Å². The molecule has 0 unspecified atom stereocenters. The van der Waals surface area contributed by atoms with Crippen molar-refractivity contribution in [2.75, 3.05) is 0 Å². The van der Waals surface area contributed by atoms with Crippen LogP contribution in [0.3, 0.4) is 0 Å². The summed E-state index contributed by atoms with van der Waals surface area (Å²) < 4.78 is 1.81. The van der Waals surface area contributed by atoms with Gasteiger partial charge in [-0.2, -0.15) is 0 Å². The Morgan fingerprint density at radius 1 is 1.35 bits per heavy atom. The molecule has 3 rings (SSSR count). The number of aryl methyl sites for hydroxylation is 1. The van der Waals surface area contributed by atoms with Crippen LogP contribution in [0, 0.1) is 6.92 Å². The Morgan fingerprint density at radius 2 is 2.18 bits per heavy atom. The molecule has 17 heavy (non-hydrogen) atoms. The van der Waals surface area contributed by atoms with Gasteiger partial charge in [-0.3, -0.25) is 9.20 Å². The lowest BCUT2D eigenvalue weighted by Crippen LogP contribution is -2.11. The second kappa shape index (κ2) is 3.31. The number of aromatic nitrogens is 2. The summed E-state index contributed by atoms with van der Waals surface area (Å²) in [5.74, 6) is 0. The van der Waals surface area contributed by atoms with Crippen molar-refractivity contribution in [3.05, 3.63) is 51.7 Å². The maximum atomic E-state index is 11.3. The predicted octanol–water partition coefficient (Wildman–Crippen LogP) is 1.17. The number of aliphatic hydroxyl groups is 1. The first-order valence-electron chi connectivity index (χ1n) is 5.26. The van der Waals surface area contributed by atoms with E-state index >= 15 is 0 Å². The third-order valence-corrected chi connectivity index (χ3v) is 2.92. The molecule has 0 saturated heterocycles. The van der Waals surface area contributed by atoms with Gasteiger partial charge in [-0.25, -0.2) is 4.98 Å². The number of imidazole rings is 1. The number of fused-ring (bicyclic) bond motifs is 3. The molecule has 3 aromatic rings. The van der Waals surface area contributed by atoms with Gasteiger partial charge in [0, 0.05) is 11.6 Å². The number of aliphatic hydroxyl groups excluding tert-OH is 1. The van der Waals surface area contributed by atoms with E-state index in [1.54, 1.807) is 18.3 Å². The molecule has 0 spiro atoms. The van der Waals surface area contributed by atoms with Gasteiger partial charge >= 0.3 is 0 Å². The smallest absolute Gasteiger partial charge is 0.179 e. The third-order valence-electron chi connectivity index (χ3n) is 2.92. The Labute approximate surface area is 96.4 Å². The third kappa shape index (κ3) is 1.30. The quantitative estimate of drug-likeness (QED) is 0.626. The molecule has 0 aliphatic carbocycles. The Kier molecular flexibility index (Phi) is 1.92. The van der Waals surface area contributed by atoms with Crippen molar-refractivity contribution in [1.29, 1.82) is 0 Å². The summed E-state index contributed by atoms with van der Waals surface area (Å²) in [7, 11) is 0. The van der Waals surface area contributed by atoms with Crippen LogP contribution in [-0.2, 0) is 0 Å². The van der Waals surface area contributed by atoms with E-state index in [1.165, 1.54) is 6.07 Å². The molecular weight excluding hydrogens is 216 g/mol. The van der Waals surface area contributed by atoms with Gasteiger partial charge in [0.1, 0.15) is 17.3 Å². The molecule has 1 N–H and O–H groups in total. The van der Waals surface area contributed by atoms with Gasteiger partial charge in [-0.15, -0.1) is 0 Å². The van der Waals surface area contributed by atoms with E-state index < -0.39 is 0 Å². The summed E-state index contributed by atoms with van der Waals surface area (Å²) in [5.41, 5.74) is 1.49. The standard InChI is InChI=1S/C13H10N2O2/c1-8-12(7-16)15-5-4-9-6-10(17)2-3-11(9)13(15)14-8/h2-7,16H,1H3/b12-7+. The summed E-state index contributed by atoms with van der Waals surface area (Å²) in [6.07, 6.45) is 2.85. The van der Waals surface area contributed by atoms with Crippen LogP contribution in [0.2, 0.25) is 0 Å². The van der Waals surface area contributed by atoms with Crippen LogP contribution in [0.15, 0.2) is 35.3 Å². The minimum Gasteiger partial charge on any atom is -0.513 e. The largest absolute Gasteiger partial charge is 0.513 e. The fraction of sp³-hybridized carbons (Fsp3) is 0.0769. The molecule has 0 saturated carbocycles. The first-order valence-corrected chi connectivity index (χ1v) is 5.26. The summed E-state index contributed by atoms with van der Waals surface area (Å²) in [6, 6.07) is 6.72. The molecule has 4 heteroatoms. The Bertz CT molecular complexity index is 834. The lowest BCUT2D eigenvalue weighted by molar-refractivity contribution is 0.537. The van der Waals surface area contributed by atoms with Crippen LogP contribution in [0.1, 0.15) is 5.69 Å². The van der Waals surface area contributed by atoms with Crippen molar-refractivity contribution in [2.45, 2.75) is 6.92 Å². The summed E-state index contributed by atoms with van der Waals surface area (Å²) >= 11 is 0. The number of hydrogen-bond donors (Lipinski definition) is 1. The highest BCUT2D eigenvalue weighted by Crippen LogP contribution is 2.15. The Hall–Kier alpha value is -2.36. The minimum atomic E-state index is -0.0147. The van der Waals surface area contributed by atoms with E-state index in [0.717, 1.165) is 28.4 Å². The Morgan fingerprint density at radius 3 is 2.94 bits per heavy atom. The van der Waals surface area contributed by atoms with Gasteiger partial charge in [-0.05, 0) is 36.6 Å². The fourth-order valence-electron chi connectivity index (χ4n) is 2.09. The fourth-order valence-corrected chi connectivity index (χ4v) is 2.09. The zero-order chi connectivity index (χ0) is 12.0. The summed E-state index contributed by atoms with van der Waals surface area (Å²) in [4.78, 5) is 15.7. The minimum absolute atomic E-state index is 0.0147. The van der Waals surface area contributed by atoms with Crippen LogP contribution in [0.25, 0.3) is 22.7 Å². The average Bonchev–Trinajstić information content (AvgIpc) is 2.64. The van der Waals surface area contributed by atoms with Gasteiger partial charge in [0.05, 0.1) is 5.69 Å². The normalized spacial score (nSPS) is 12.6. The zero-order valence-corrected chi connectivity index (χ0v) is 9.21. The SMILES string of the molecule is Cc1nc2c3ccc(=O)cc3ccn2/c1=C/O. The van der Waals surface area contributed by atoms with Crippen molar-refractivity contribution in [2.24, 2.45) is 0 Å². The molecule has 0 radical (unpaired) electrons. The molecule has 0 aliphatic rings. The molecule has 84 valence electrons. The Balaban J connectivity index is 2.62. The number of hydrogen-bond acceptors (Lipinski definition) is 3. The molecule has 0 atom stereocenters. The van der Waals surface area contributed by atoms with Gasteiger partial charge < -0.3 is 5.11 Å². The molecular formula is C13H10N2O2. The number of benzene rings is 1.